The van der Waals surface area contributed by atoms with Gasteiger partial charge in [0, 0.05) is 42.8 Å². The second-order valence-electron chi connectivity index (χ2n) is 5.04. The molecule has 0 N–H and O–H groups in total. The predicted octanol–water partition coefficient (Wildman–Crippen LogP) is 2.56. The van der Waals surface area contributed by atoms with Crippen LogP contribution in [0, 0.1) is 6.92 Å². The second-order valence-corrected chi connectivity index (χ2v) is 5.04. The Hall–Kier alpha value is -1.97. The van der Waals surface area contributed by atoms with Gasteiger partial charge in [-0.15, -0.1) is 0 Å². The molecule has 0 unspecified atom stereocenters. The lowest BCUT2D eigenvalue weighted by Gasteiger charge is -2.32. The van der Waals surface area contributed by atoms with Crippen LogP contribution in [0.4, 0.5) is 5.95 Å². The Morgan fingerprint density at radius 1 is 1.16 bits per heavy atom. The summed E-state index contributed by atoms with van der Waals surface area (Å²) in [7, 11) is 0. The average Bonchev–Trinajstić information content (AvgIpc) is 2.48. The van der Waals surface area contributed by atoms with Crippen LogP contribution in [0.2, 0.25) is 0 Å². The van der Waals surface area contributed by atoms with Crippen molar-refractivity contribution in [2.24, 2.45) is 0 Å². The van der Waals surface area contributed by atoms with Gasteiger partial charge in [-0.3, -0.25) is 4.98 Å². The fourth-order valence-electron chi connectivity index (χ4n) is 2.65. The zero-order valence-corrected chi connectivity index (χ0v) is 11.2. The standard InChI is InChI=1S/C15H18N4/c1-12-5-2-7-14(18-12)13-6-3-10-19(11-13)15-16-8-4-9-17-15/h2,4-5,7-9,13H,3,6,10-11H2,1H3/t13-/m1/s1. The molecule has 0 spiro atoms. The minimum atomic E-state index is 0.484. The molecule has 19 heavy (non-hydrogen) atoms. The molecule has 1 fully saturated rings. The average molecular weight is 254 g/mol. The molecule has 4 heteroatoms. The normalized spacial score (nSPS) is 19.4. The minimum absolute atomic E-state index is 0.484. The highest BCUT2D eigenvalue weighted by atomic mass is 15.2. The summed E-state index contributed by atoms with van der Waals surface area (Å²) in [4.78, 5) is 15.6. The molecule has 0 aliphatic carbocycles. The summed E-state index contributed by atoms with van der Waals surface area (Å²) in [6.45, 7) is 4.04. The first-order chi connectivity index (χ1) is 9.33. The Labute approximate surface area is 113 Å². The van der Waals surface area contributed by atoms with Crippen LogP contribution in [0.5, 0.6) is 0 Å². The number of aryl methyl sites for hydroxylation is 1. The van der Waals surface area contributed by atoms with Crippen molar-refractivity contribution < 1.29 is 0 Å². The number of hydrogen-bond donors (Lipinski definition) is 0. The number of aromatic nitrogens is 3. The van der Waals surface area contributed by atoms with Crippen molar-refractivity contribution >= 4 is 5.95 Å². The smallest absolute Gasteiger partial charge is 0.225 e. The zero-order chi connectivity index (χ0) is 13.1. The fourth-order valence-corrected chi connectivity index (χ4v) is 2.65. The van der Waals surface area contributed by atoms with Crippen molar-refractivity contribution in [2.75, 3.05) is 18.0 Å². The van der Waals surface area contributed by atoms with Crippen molar-refractivity contribution in [3.8, 4) is 0 Å². The van der Waals surface area contributed by atoms with E-state index in [-0.39, 0.29) is 0 Å². The summed E-state index contributed by atoms with van der Waals surface area (Å²) in [6, 6.07) is 8.13. The molecule has 1 saturated heterocycles. The van der Waals surface area contributed by atoms with E-state index in [1.165, 1.54) is 18.5 Å². The van der Waals surface area contributed by atoms with E-state index in [1.54, 1.807) is 12.4 Å². The van der Waals surface area contributed by atoms with Crippen LogP contribution in [0.3, 0.4) is 0 Å². The van der Waals surface area contributed by atoms with E-state index >= 15 is 0 Å². The number of anilines is 1. The highest BCUT2D eigenvalue weighted by molar-refractivity contribution is 5.31. The highest BCUT2D eigenvalue weighted by Gasteiger charge is 2.23. The zero-order valence-electron chi connectivity index (χ0n) is 11.2. The molecule has 3 heterocycles. The SMILES string of the molecule is Cc1cccc([C@@H]2CCCN(c3ncccn3)C2)n1. The summed E-state index contributed by atoms with van der Waals surface area (Å²) >= 11 is 0. The molecular formula is C15H18N4. The van der Waals surface area contributed by atoms with E-state index in [9.17, 15) is 0 Å². The van der Waals surface area contributed by atoms with Gasteiger partial charge in [0.2, 0.25) is 5.95 Å². The van der Waals surface area contributed by atoms with Crippen molar-refractivity contribution in [3.05, 3.63) is 48.0 Å². The first-order valence-electron chi connectivity index (χ1n) is 6.78. The van der Waals surface area contributed by atoms with Crippen LogP contribution >= 0.6 is 0 Å². The van der Waals surface area contributed by atoms with Gasteiger partial charge in [-0.05, 0) is 38.0 Å². The molecule has 3 rings (SSSR count). The third kappa shape index (κ3) is 2.72. The Balaban J connectivity index is 1.78. The summed E-state index contributed by atoms with van der Waals surface area (Å²) < 4.78 is 0. The van der Waals surface area contributed by atoms with Gasteiger partial charge in [-0.2, -0.15) is 0 Å². The van der Waals surface area contributed by atoms with Crippen LogP contribution in [0.15, 0.2) is 36.7 Å². The lowest BCUT2D eigenvalue weighted by atomic mass is 9.94. The van der Waals surface area contributed by atoms with Gasteiger partial charge >= 0.3 is 0 Å². The van der Waals surface area contributed by atoms with Gasteiger partial charge in [-0.1, -0.05) is 6.07 Å². The van der Waals surface area contributed by atoms with Gasteiger partial charge in [-0.25, -0.2) is 9.97 Å². The van der Waals surface area contributed by atoms with E-state index in [2.05, 4.69) is 32.0 Å². The van der Waals surface area contributed by atoms with Crippen molar-refractivity contribution in [1.82, 2.24) is 15.0 Å². The molecule has 1 atom stereocenters. The third-order valence-electron chi connectivity index (χ3n) is 3.58. The van der Waals surface area contributed by atoms with Crippen LogP contribution in [0.1, 0.15) is 30.1 Å². The van der Waals surface area contributed by atoms with Gasteiger partial charge in [0.05, 0.1) is 0 Å². The lowest BCUT2D eigenvalue weighted by Crippen LogP contribution is -2.35. The topological polar surface area (TPSA) is 41.9 Å². The highest BCUT2D eigenvalue weighted by Crippen LogP contribution is 2.27. The molecule has 98 valence electrons. The molecule has 2 aromatic rings. The molecular weight excluding hydrogens is 236 g/mol. The summed E-state index contributed by atoms with van der Waals surface area (Å²) in [6.07, 6.45) is 5.96. The van der Waals surface area contributed by atoms with Crippen LogP contribution in [-0.2, 0) is 0 Å². The third-order valence-corrected chi connectivity index (χ3v) is 3.58. The monoisotopic (exact) mass is 254 g/mol. The van der Waals surface area contributed by atoms with Crippen molar-refractivity contribution in [2.45, 2.75) is 25.7 Å². The van der Waals surface area contributed by atoms with E-state index in [0.29, 0.717) is 5.92 Å². The Bertz CT molecular complexity index is 541. The maximum atomic E-state index is 4.66. The molecule has 1 aliphatic heterocycles. The molecule has 0 bridgehead atoms. The Morgan fingerprint density at radius 3 is 2.79 bits per heavy atom. The molecule has 0 aromatic carbocycles. The number of rotatable bonds is 2. The number of nitrogens with zero attached hydrogens (tertiary/aromatic N) is 4. The quantitative estimate of drug-likeness (QED) is 0.826. The molecule has 0 saturated carbocycles. The van der Waals surface area contributed by atoms with Gasteiger partial charge in [0.1, 0.15) is 0 Å². The van der Waals surface area contributed by atoms with Gasteiger partial charge < -0.3 is 4.90 Å². The van der Waals surface area contributed by atoms with Crippen molar-refractivity contribution in [3.63, 3.8) is 0 Å². The number of piperidine rings is 1. The van der Waals surface area contributed by atoms with E-state index in [1.807, 2.05) is 19.1 Å². The summed E-state index contributed by atoms with van der Waals surface area (Å²) in [5, 5.41) is 0. The lowest BCUT2D eigenvalue weighted by molar-refractivity contribution is 0.494. The fraction of sp³-hybridized carbons (Fsp3) is 0.400. The maximum absolute atomic E-state index is 4.66. The van der Waals surface area contributed by atoms with Crippen LogP contribution in [-0.4, -0.2) is 28.0 Å². The van der Waals surface area contributed by atoms with Gasteiger partial charge in [0.15, 0.2) is 0 Å². The predicted molar refractivity (Wildman–Crippen MR) is 75.2 cm³/mol. The Kier molecular flexibility index (Phi) is 3.40. The van der Waals surface area contributed by atoms with Gasteiger partial charge in [0.25, 0.3) is 0 Å². The van der Waals surface area contributed by atoms with E-state index in [4.69, 9.17) is 0 Å². The number of pyridine rings is 1. The largest absolute Gasteiger partial charge is 0.340 e. The van der Waals surface area contributed by atoms with Crippen LogP contribution < -0.4 is 4.90 Å². The first kappa shape index (κ1) is 12.1. The second kappa shape index (κ2) is 5.34. The van der Waals surface area contributed by atoms with Crippen LogP contribution in [0.25, 0.3) is 0 Å². The molecule has 4 nitrogen and oxygen atoms in total. The minimum Gasteiger partial charge on any atom is -0.340 e. The molecule has 0 amide bonds. The molecule has 0 radical (unpaired) electrons. The van der Waals surface area contributed by atoms with E-state index < -0.39 is 0 Å². The first-order valence-corrected chi connectivity index (χ1v) is 6.78. The number of hydrogen-bond acceptors (Lipinski definition) is 4. The molecule has 1 aliphatic rings. The van der Waals surface area contributed by atoms with Crippen molar-refractivity contribution in [1.29, 1.82) is 0 Å². The van der Waals surface area contributed by atoms with E-state index in [0.717, 1.165) is 24.7 Å². The summed E-state index contributed by atoms with van der Waals surface area (Å²) in [5.41, 5.74) is 2.28. The molecule has 2 aromatic heterocycles. The maximum Gasteiger partial charge on any atom is 0.225 e. The summed E-state index contributed by atoms with van der Waals surface area (Å²) in [5.74, 6) is 1.32. The Morgan fingerprint density at radius 2 is 2.00 bits per heavy atom.